The van der Waals surface area contributed by atoms with E-state index >= 15 is 0 Å². The predicted octanol–water partition coefficient (Wildman–Crippen LogP) is -1.62. The number of piperazine rings is 2. The highest BCUT2D eigenvalue weighted by Crippen LogP contribution is 2.11. The summed E-state index contributed by atoms with van der Waals surface area (Å²) in [5.74, 6) is 0.152. The highest BCUT2D eigenvalue weighted by molar-refractivity contribution is 7.88. The maximum Gasteiger partial charge on any atom is 0.239 e. The van der Waals surface area contributed by atoms with Gasteiger partial charge in [0.2, 0.25) is 15.9 Å². The zero-order valence-corrected chi connectivity index (χ0v) is 13.0. The number of carbonyl (C=O) groups is 1. The molecule has 0 bridgehead atoms. The Morgan fingerprint density at radius 3 is 2.10 bits per heavy atom. The van der Waals surface area contributed by atoms with Crippen LogP contribution in [0.4, 0.5) is 0 Å². The number of nitrogens with zero attached hydrogens (tertiary/aromatic N) is 3. The number of hydrogen-bond acceptors (Lipinski definition) is 5. The quantitative estimate of drug-likeness (QED) is 0.679. The van der Waals surface area contributed by atoms with Crippen LogP contribution < -0.4 is 5.32 Å². The first kappa shape index (κ1) is 15.7. The van der Waals surface area contributed by atoms with Crippen LogP contribution in [0.25, 0.3) is 0 Å². The molecule has 0 saturated carbocycles. The van der Waals surface area contributed by atoms with Crippen LogP contribution in [0.5, 0.6) is 0 Å². The van der Waals surface area contributed by atoms with Gasteiger partial charge in [-0.2, -0.15) is 4.31 Å². The Bertz CT molecular complexity index is 440. The van der Waals surface area contributed by atoms with E-state index in [1.165, 1.54) is 10.6 Å². The van der Waals surface area contributed by atoms with Gasteiger partial charge >= 0.3 is 0 Å². The minimum absolute atomic E-state index is 0.152. The first-order chi connectivity index (χ1) is 9.39. The van der Waals surface area contributed by atoms with E-state index in [1.54, 1.807) is 0 Å². The van der Waals surface area contributed by atoms with E-state index in [2.05, 4.69) is 10.2 Å². The van der Waals surface area contributed by atoms with Crippen molar-refractivity contribution in [3.05, 3.63) is 0 Å². The zero-order chi connectivity index (χ0) is 14.8. The molecule has 2 aliphatic heterocycles. The average molecular weight is 304 g/mol. The molecule has 2 heterocycles. The molecule has 2 aliphatic rings. The Morgan fingerprint density at radius 2 is 1.60 bits per heavy atom. The number of amides is 1. The molecule has 0 aromatic heterocycles. The van der Waals surface area contributed by atoms with Crippen molar-refractivity contribution < 1.29 is 13.2 Å². The molecular weight excluding hydrogens is 280 g/mol. The molecule has 0 radical (unpaired) electrons. The molecule has 1 amide bonds. The lowest BCUT2D eigenvalue weighted by molar-refractivity contribution is -0.137. The molecule has 2 fully saturated rings. The van der Waals surface area contributed by atoms with Gasteiger partial charge in [0.25, 0.3) is 0 Å². The van der Waals surface area contributed by atoms with Crippen LogP contribution in [-0.4, -0.2) is 93.1 Å². The number of nitrogens with one attached hydrogen (secondary N) is 1. The summed E-state index contributed by atoms with van der Waals surface area (Å²) >= 11 is 0. The molecule has 7 nitrogen and oxygen atoms in total. The lowest BCUT2D eigenvalue weighted by Crippen LogP contribution is -2.57. The molecule has 0 aromatic rings. The van der Waals surface area contributed by atoms with Crippen LogP contribution in [0.1, 0.15) is 6.92 Å². The van der Waals surface area contributed by atoms with Gasteiger partial charge in [0.15, 0.2) is 0 Å². The lowest BCUT2D eigenvalue weighted by Gasteiger charge is -2.38. The second-order valence-corrected chi connectivity index (χ2v) is 7.43. The number of carbonyl (C=O) groups excluding carboxylic acids is 1. The molecular formula is C12H24N4O3S. The van der Waals surface area contributed by atoms with E-state index in [-0.39, 0.29) is 11.9 Å². The Kier molecular flexibility index (Phi) is 5.00. The van der Waals surface area contributed by atoms with Crippen molar-refractivity contribution in [2.75, 3.05) is 58.6 Å². The number of hydrogen-bond donors (Lipinski definition) is 1. The lowest BCUT2D eigenvalue weighted by atomic mass is 10.2. The molecule has 1 unspecified atom stereocenters. The monoisotopic (exact) mass is 304 g/mol. The molecule has 0 aliphatic carbocycles. The summed E-state index contributed by atoms with van der Waals surface area (Å²) in [6, 6.07) is -0.171. The van der Waals surface area contributed by atoms with E-state index in [0.29, 0.717) is 26.2 Å². The van der Waals surface area contributed by atoms with Crippen molar-refractivity contribution in [3.8, 4) is 0 Å². The Balaban J connectivity index is 1.87. The highest BCUT2D eigenvalue weighted by atomic mass is 32.2. The van der Waals surface area contributed by atoms with Crippen LogP contribution in [0.2, 0.25) is 0 Å². The first-order valence-corrected chi connectivity index (χ1v) is 8.93. The van der Waals surface area contributed by atoms with Crippen molar-refractivity contribution >= 4 is 15.9 Å². The van der Waals surface area contributed by atoms with Gasteiger partial charge in [-0.25, -0.2) is 8.42 Å². The molecule has 116 valence electrons. The summed E-state index contributed by atoms with van der Waals surface area (Å²) in [5, 5.41) is 3.23. The standard InChI is InChI=1S/C12H24N4O3S/c1-11(12(17)15-5-3-13-4-6-15)14-7-9-16(10-8-14)20(2,18)19/h11,13H,3-10H2,1-2H3. The van der Waals surface area contributed by atoms with Crippen LogP contribution >= 0.6 is 0 Å². The van der Waals surface area contributed by atoms with Gasteiger partial charge in [-0.3, -0.25) is 9.69 Å². The van der Waals surface area contributed by atoms with Crippen molar-refractivity contribution in [2.45, 2.75) is 13.0 Å². The zero-order valence-electron chi connectivity index (χ0n) is 12.2. The molecule has 1 N–H and O–H groups in total. The fourth-order valence-electron chi connectivity index (χ4n) is 2.73. The third kappa shape index (κ3) is 3.69. The maximum absolute atomic E-state index is 12.4. The number of sulfonamides is 1. The van der Waals surface area contributed by atoms with E-state index in [1.807, 2.05) is 11.8 Å². The normalized spacial score (nSPS) is 24.6. The van der Waals surface area contributed by atoms with Crippen LogP contribution in [0, 0.1) is 0 Å². The topological polar surface area (TPSA) is 73.0 Å². The van der Waals surface area contributed by atoms with Gasteiger partial charge in [-0.1, -0.05) is 0 Å². The van der Waals surface area contributed by atoms with Gasteiger partial charge in [0.05, 0.1) is 12.3 Å². The van der Waals surface area contributed by atoms with Crippen molar-refractivity contribution in [1.82, 2.24) is 19.4 Å². The summed E-state index contributed by atoms with van der Waals surface area (Å²) in [6.07, 6.45) is 1.23. The fourth-order valence-corrected chi connectivity index (χ4v) is 3.55. The highest BCUT2D eigenvalue weighted by Gasteiger charge is 2.31. The third-order valence-corrected chi connectivity index (χ3v) is 5.38. The number of rotatable bonds is 3. The van der Waals surface area contributed by atoms with Gasteiger partial charge in [-0.05, 0) is 6.92 Å². The van der Waals surface area contributed by atoms with Crippen LogP contribution in [0.3, 0.4) is 0 Å². The summed E-state index contributed by atoms with van der Waals surface area (Å²) in [4.78, 5) is 16.4. The van der Waals surface area contributed by atoms with E-state index < -0.39 is 10.0 Å². The molecule has 0 spiro atoms. The van der Waals surface area contributed by atoms with E-state index in [0.717, 1.165) is 26.2 Å². The molecule has 2 saturated heterocycles. The minimum atomic E-state index is -3.11. The predicted molar refractivity (Wildman–Crippen MR) is 76.9 cm³/mol. The molecule has 2 rings (SSSR count). The Labute approximate surface area is 120 Å². The van der Waals surface area contributed by atoms with Gasteiger partial charge in [-0.15, -0.1) is 0 Å². The van der Waals surface area contributed by atoms with Crippen LogP contribution in [-0.2, 0) is 14.8 Å². The fraction of sp³-hybridized carbons (Fsp3) is 0.917. The summed E-state index contributed by atoms with van der Waals surface area (Å²) in [6.45, 7) is 7.30. The largest absolute Gasteiger partial charge is 0.339 e. The SMILES string of the molecule is CC(C(=O)N1CCNCC1)N1CCN(S(C)(=O)=O)CC1. The van der Waals surface area contributed by atoms with Gasteiger partial charge in [0.1, 0.15) is 0 Å². The van der Waals surface area contributed by atoms with Gasteiger partial charge < -0.3 is 10.2 Å². The van der Waals surface area contributed by atoms with E-state index in [4.69, 9.17) is 0 Å². The first-order valence-electron chi connectivity index (χ1n) is 7.08. The Morgan fingerprint density at radius 1 is 1.05 bits per heavy atom. The second kappa shape index (κ2) is 6.38. The summed E-state index contributed by atoms with van der Waals surface area (Å²) in [7, 11) is -3.11. The summed E-state index contributed by atoms with van der Waals surface area (Å²) in [5.41, 5.74) is 0. The van der Waals surface area contributed by atoms with Crippen molar-refractivity contribution in [3.63, 3.8) is 0 Å². The third-order valence-electron chi connectivity index (χ3n) is 4.08. The second-order valence-electron chi connectivity index (χ2n) is 5.45. The Hall–Kier alpha value is -0.700. The smallest absolute Gasteiger partial charge is 0.239 e. The van der Waals surface area contributed by atoms with Crippen LogP contribution in [0.15, 0.2) is 0 Å². The molecule has 8 heteroatoms. The van der Waals surface area contributed by atoms with E-state index in [9.17, 15) is 13.2 Å². The molecule has 1 atom stereocenters. The molecule has 0 aromatic carbocycles. The van der Waals surface area contributed by atoms with Crippen molar-refractivity contribution in [1.29, 1.82) is 0 Å². The van der Waals surface area contributed by atoms with Crippen molar-refractivity contribution in [2.24, 2.45) is 0 Å². The maximum atomic E-state index is 12.4. The minimum Gasteiger partial charge on any atom is -0.339 e. The average Bonchev–Trinajstić information content (AvgIpc) is 2.46. The van der Waals surface area contributed by atoms with Gasteiger partial charge in [0, 0.05) is 52.4 Å². The molecule has 20 heavy (non-hydrogen) atoms. The summed E-state index contributed by atoms with van der Waals surface area (Å²) < 4.78 is 24.4.